The number of amides is 1. The predicted octanol–water partition coefficient (Wildman–Crippen LogP) is 1.99. The van der Waals surface area contributed by atoms with Crippen LogP contribution in [0.15, 0.2) is 58.8 Å². The number of hydrogen-bond donors (Lipinski definition) is 2. The first-order valence-corrected chi connectivity index (χ1v) is 8.37. The highest BCUT2D eigenvalue weighted by atomic mass is 32.2. The number of carbonyl (C=O) groups is 1. The van der Waals surface area contributed by atoms with Crippen LogP contribution in [-0.4, -0.2) is 35.2 Å². The second kappa shape index (κ2) is 7.36. The van der Waals surface area contributed by atoms with Gasteiger partial charge in [0.05, 0.1) is 22.5 Å². The van der Waals surface area contributed by atoms with E-state index in [1.54, 1.807) is 6.07 Å². The molecule has 0 fully saturated rings. The van der Waals surface area contributed by atoms with Gasteiger partial charge in [-0.25, -0.2) is 10.4 Å². The van der Waals surface area contributed by atoms with E-state index in [9.17, 15) is 4.79 Å². The Morgan fingerprint density at radius 3 is 2.92 bits per heavy atom. The van der Waals surface area contributed by atoms with Gasteiger partial charge in [-0.2, -0.15) is 5.10 Å². The van der Waals surface area contributed by atoms with Crippen LogP contribution in [0.5, 0.6) is 0 Å². The third-order valence-corrected chi connectivity index (χ3v) is 4.23. The molecule has 3 aromatic rings. The minimum atomic E-state index is -0.191. The Morgan fingerprint density at radius 2 is 2.12 bits per heavy atom. The number of para-hydroxylation sites is 2. The Bertz CT molecular complexity index is 873. The Labute approximate surface area is 145 Å². The normalized spacial score (nSPS) is 11.6. The highest BCUT2D eigenvalue weighted by Gasteiger charge is 2.06. The minimum absolute atomic E-state index is 0.191. The van der Waals surface area contributed by atoms with Crippen molar-refractivity contribution in [2.45, 2.75) is 12.1 Å². The Hall–Kier alpha value is -2.54. The maximum absolute atomic E-state index is 11.9. The van der Waals surface area contributed by atoms with E-state index in [-0.39, 0.29) is 11.7 Å². The summed E-state index contributed by atoms with van der Waals surface area (Å²) in [7, 11) is 5.74. The summed E-state index contributed by atoms with van der Waals surface area (Å²) in [5.74, 6) is 0.0387. The Kier molecular flexibility index (Phi) is 5.00. The molecule has 7 heteroatoms. The van der Waals surface area contributed by atoms with E-state index >= 15 is 0 Å². The number of nitrogens with zero attached hydrogens (tertiary/aromatic N) is 2. The molecule has 2 aromatic carbocycles. The molecule has 24 heavy (non-hydrogen) atoms. The maximum atomic E-state index is 11.9. The zero-order valence-electron chi connectivity index (χ0n) is 13.1. The lowest BCUT2D eigenvalue weighted by Gasteiger charge is -2.03. The van der Waals surface area contributed by atoms with Gasteiger partial charge in [-0.3, -0.25) is 4.79 Å². The monoisotopic (exact) mass is 334 g/mol. The largest absolute Gasteiger partial charge is 0.333 e. The van der Waals surface area contributed by atoms with Crippen molar-refractivity contribution in [3.05, 3.63) is 54.1 Å². The van der Waals surface area contributed by atoms with Gasteiger partial charge in [0.25, 0.3) is 5.91 Å². The number of H-pyrrole nitrogens is 1. The SMILES string of the molecule is [B]c1cccc(C(C)=NNC(=O)CSc2nc3ccccc3[nH]2)c1. The van der Waals surface area contributed by atoms with Gasteiger partial charge in [-0.05, 0) is 24.6 Å². The van der Waals surface area contributed by atoms with E-state index in [0.29, 0.717) is 16.3 Å². The van der Waals surface area contributed by atoms with Crippen LogP contribution in [0.2, 0.25) is 0 Å². The lowest BCUT2D eigenvalue weighted by molar-refractivity contribution is -0.118. The topological polar surface area (TPSA) is 70.1 Å². The van der Waals surface area contributed by atoms with Gasteiger partial charge in [0, 0.05) is 0 Å². The summed E-state index contributed by atoms with van der Waals surface area (Å²) in [6.07, 6.45) is 0. The number of benzene rings is 2. The number of thioether (sulfide) groups is 1. The van der Waals surface area contributed by atoms with Gasteiger partial charge in [-0.1, -0.05) is 53.6 Å². The molecule has 2 radical (unpaired) electrons. The van der Waals surface area contributed by atoms with Gasteiger partial charge >= 0.3 is 0 Å². The molecule has 0 aliphatic heterocycles. The molecule has 3 rings (SSSR count). The van der Waals surface area contributed by atoms with E-state index in [4.69, 9.17) is 7.85 Å². The first kappa shape index (κ1) is 16.3. The molecular formula is C17H15BN4OS. The fourth-order valence-electron chi connectivity index (χ4n) is 2.14. The Balaban J connectivity index is 1.56. The van der Waals surface area contributed by atoms with Crippen molar-refractivity contribution in [1.82, 2.24) is 15.4 Å². The van der Waals surface area contributed by atoms with E-state index < -0.39 is 0 Å². The molecule has 0 unspecified atom stereocenters. The average molecular weight is 334 g/mol. The van der Waals surface area contributed by atoms with Gasteiger partial charge in [0.2, 0.25) is 0 Å². The molecule has 1 amide bonds. The second-order valence-corrected chi connectivity index (χ2v) is 6.17. The third-order valence-electron chi connectivity index (χ3n) is 3.36. The number of hydrazone groups is 1. The predicted molar refractivity (Wildman–Crippen MR) is 99.0 cm³/mol. The lowest BCUT2D eigenvalue weighted by atomic mass is 9.93. The summed E-state index contributed by atoms with van der Waals surface area (Å²) in [4.78, 5) is 19.5. The van der Waals surface area contributed by atoms with Crippen LogP contribution in [0.1, 0.15) is 12.5 Å². The number of imidazole rings is 1. The highest BCUT2D eigenvalue weighted by Crippen LogP contribution is 2.18. The fourth-order valence-corrected chi connectivity index (χ4v) is 2.82. The molecule has 2 N–H and O–H groups in total. The van der Waals surface area contributed by atoms with Crippen LogP contribution in [0.3, 0.4) is 0 Å². The van der Waals surface area contributed by atoms with Crippen LogP contribution in [0.25, 0.3) is 11.0 Å². The lowest BCUT2D eigenvalue weighted by Crippen LogP contribution is -2.21. The van der Waals surface area contributed by atoms with E-state index in [1.165, 1.54) is 11.8 Å². The summed E-state index contributed by atoms with van der Waals surface area (Å²) in [6.45, 7) is 1.82. The van der Waals surface area contributed by atoms with Gasteiger partial charge in [-0.15, -0.1) is 0 Å². The zero-order valence-corrected chi connectivity index (χ0v) is 13.9. The van der Waals surface area contributed by atoms with Crippen molar-refractivity contribution in [2.24, 2.45) is 5.10 Å². The molecule has 1 heterocycles. The number of hydrogen-bond acceptors (Lipinski definition) is 4. The van der Waals surface area contributed by atoms with Crippen molar-refractivity contribution >= 4 is 47.7 Å². The molecule has 0 saturated carbocycles. The van der Waals surface area contributed by atoms with Gasteiger partial charge < -0.3 is 4.98 Å². The van der Waals surface area contributed by atoms with Crippen LogP contribution in [0.4, 0.5) is 0 Å². The number of carbonyl (C=O) groups excluding carboxylic acids is 1. The van der Waals surface area contributed by atoms with Crippen molar-refractivity contribution < 1.29 is 4.79 Å². The van der Waals surface area contributed by atoms with Crippen molar-refractivity contribution in [2.75, 3.05) is 5.75 Å². The Morgan fingerprint density at radius 1 is 1.29 bits per heavy atom. The van der Waals surface area contributed by atoms with E-state index in [0.717, 1.165) is 16.6 Å². The quantitative estimate of drug-likeness (QED) is 0.324. The zero-order chi connectivity index (χ0) is 16.9. The first-order valence-electron chi connectivity index (χ1n) is 7.38. The standard InChI is InChI=1S/C17H15BN4OS/c1-11(12-5-4-6-13(18)9-12)21-22-16(23)10-24-17-19-14-7-2-3-8-15(14)20-17/h2-9H,10H2,1H3,(H,19,20)(H,22,23). The van der Waals surface area contributed by atoms with Crippen molar-refractivity contribution in [3.8, 4) is 0 Å². The smallest absolute Gasteiger partial charge is 0.250 e. The average Bonchev–Trinajstić information content (AvgIpc) is 3.00. The van der Waals surface area contributed by atoms with Gasteiger partial charge in [0.15, 0.2) is 5.16 Å². The number of aromatic amines is 1. The molecule has 0 spiro atoms. The van der Waals surface area contributed by atoms with E-state index in [1.807, 2.05) is 49.4 Å². The summed E-state index contributed by atoms with van der Waals surface area (Å²) in [6, 6.07) is 15.1. The molecule has 0 atom stereocenters. The van der Waals surface area contributed by atoms with Crippen molar-refractivity contribution in [3.63, 3.8) is 0 Å². The molecule has 0 saturated heterocycles. The molecule has 5 nitrogen and oxygen atoms in total. The first-order chi connectivity index (χ1) is 11.6. The van der Waals surface area contributed by atoms with Gasteiger partial charge in [0.1, 0.15) is 7.85 Å². The molecule has 0 aliphatic rings. The number of fused-ring (bicyclic) bond motifs is 1. The number of nitrogens with one attached hydrogen (secondary N) is 2. The van der Waals surface area contributed by atoms with E-state index in [2.05, 4.69) is 20.5 Å². The number of rotatable bonds is 5. The summed E-state index contributed by atoms with van der Waals surface area (Å²) < 4.78 is 0. The van der Waals surface area contributed by atoms with Crippen LogP contribution in [-0.2, 0) is 4.79 Å². The summed E-state index contributed by atoms with van der Waals surface area (Å²) in [5.41, 5.74) is 6.62. The maximum Gasteiger partial charge on any atom is 0.250 e. The minimum Gasteiger partial charge on any atom is -0.333 e. The molecule has 0 bridgehead atoms. The van der Waals surface area contributed by atoms with Crippen LogP contribution in [0, 0.1) is 0 Å². The molecular weight excluding hydrogens is 319 g/mol. The third kappa shape index (κ3) is 4.05. The second-order valence-electron chi connectivity index (χ2n) is 5.21. The van der Waals surface area contributed by atoms with Crippen LogP contribution < -0.4 is 10.9 Å². The highest BCUT2D eigenvalue weighted by molar-refractivity contribution is 7.99. The summed E-state index contributed by atoms with van der Waals surface area (Å²) in [5, 5.41) is 4.82. The number of aromatic nitrogens is 2. The molecule has 0 aliphatic carbocycles. The fraction of sp³-hybridized carbons (Fsp3) is 0.118. The summed E-state index contributed by atoms with van der Waals surface area (Å²) >= 11 is 1.34. The van der Waals surface area contributed by atoms with Crippen molar-refractivity contribution in [1.29, 1.82) is 0 Å². The molecule has 118 valence electrons. The molecule has 1 aromatic heterocycles. The van der Waals surface area contributed by atoms with Crippen LogP contribution >= 0.6 is 11.8 Å².